The zero-order valence-corrected chi connectivity index (χ0v) is 11.2. The molecule has 5 heteroatoms. The van der Waals surface area contributed by atoms with Crippen LogP contribution in [0.3, 0.4) is 0 Å². The molecule has 0 spiro atoms. The Kier molecular flexibility index (Phi) is 4.15. The molecule has 0 radical (unpaired) electrons. The number of benzene rings is 1. The fourth-order valence-electron chi connectivity index (χ4n) is 2.01. The Labute approximate surface area is 116 Å². The van der Waals surface area contributed by atoms with Gasteiger partial charge in [0.1, 0.15) is 12.4 Å². The fourth-order valence-corrected chi connectivity index (χ4v) is 2.49. The summed E-state index contributed by atoms with van der Waals surface area (Å²) >= 11 is 12.2. The van der Waals surface area contributed by atoms with Crippen LogP contribution in [-0.4, -0.2) is 19.1 Å². The van der Waals surface area contributed by atoms with Crippen LogP contribution >= 0.6 is 23.2 Å². The number of nitrogens with one attached hydrogen (secondary N) is 1. The third-order valence-electron chi connectivity index (χ3n) is 2.84. The SMILES string of the molecule is C=CCOc1ccc(Cl)c(Cl)c1[C@@H]1CNC(=O)C1. The second-order valence-electron chi connectivity index (χ2n) is 4.08. The average molecular weight is 286 g/mol. The van der Waals surface area contributed by atoms with Crippen molar-refractivity contribution in [2.45, 2.75) is 12.3 Å². The van der Waals surface area contributed by atoms with Crippen LogP contribution in [-0.2, 0) is 4.79 Å². The molecule has 3 nitrogen and oxygen atoms in total. The van der Waals surface area contributed by atoms with Gasteiger partial charge in [0.25, 0.3) is 0 Å². The summed E-state index contributed by atoms with van der Waals surface area (Å²) in [6, 6.07) is 3.46. The Morgan fingerprint density at radius 1 is 1.50 bits per heavy atom. The second-order valence-corrected chi connectivity index (χ2v) is 4.86. The number of rotatable bonds is 4. The third-order valence-corrected chi connectivity index (χ3v) is 3.65. The van der Waals surface area contributed by atoms with Crippen LogP contribution in [0.4, 0.5) is 0 Å². The summed E-state index contributed by atoms with van der Waals surface area (Å²) < 4.78 is 5.57. The van der Waals surface area contributed by atoms with Crippen molar-refractivity contribution in [3.05, 3.63) is 40.4 Å². The predicted molar refractivity (Wildman–Crippen MR) is 72.5 cm³/mol. The Morgan fingerprint density at radius 3 is 2.89 bits per heavy atom. The lowest BCUT2D eigenvalue weighted by atomic mass is 9.97. The van der Waals surface area contributed by atoms with E-state index in [1.54, 1.807) is 18.2 Å². The van der Waals surface area contributed by atoms with Crippen LogP contribution < -0.4 is 10.1 Å². The van der Waals surface area contributed by atoms with Crippen molar-refractivity contribution in [2.24, 2.45) is 0 Å². The van der Waals surface area contributed by atoms with E-state index in [4.69, 9.17) is 27.9 Å². The summed E-state index contributed by atoms with van der Waals surface area (Å²) in [5, 5.41) is 3.71. The van der Waals surface area contributed by atoms with Gasteiger partial charge in [0.05, 0.1) is 10.0 Å². The van der Waals surface area contributed by atoms with E-state index in [9.17, 15) is 4.79 Å². The minimum Gasteiger partial charge on any atom is -0.489 e. The van der Waals surface area contributed by atoms with Crippen LogP contribution in [0, 0.1) is 0 Å². The lowest BCUT2D eigenvalue weighted by Gasteiger charge is -2.17. The van der Waals surface area contributed by atoms with E-state index in [1.165, 1.54) is 0 Å². The van der Waals surface area contributed by atoms with Gasteiger partial charge in [0.15, 0.2) is 0 Å². The largest absolute Gasteiger partial charge is 0.489 e. The molecule has 2 rings (SSSR count). The van der Waals surface area contributed by atoms with Crippen molar-refractivity contribution in [1.82, 2.24) is 5.32 Å². The van der Waals surface area contributed by atoms with Crippen molar-refractivity contribution in [2.75, 3.05) is 13.2 Å². The molecule has 0 aliphatic carbocycles. The van der Waals surface area contributed by atoms with Gasteiger partial charge in [0, 0.05) is 24.4 Å². The van der Waals surface area contributed by atoms with E-state index in [0.717, 1.165) is 5.56 Å². The third kappa shape index (κ3) is 2.62. The van der Waals surface area contributed by atoms with Crippen LogP contribution in [0.2, 0.25) is 10.0 Å². The standard InChI is InChI=1S/C13H13Cl2NO2/c1-2-5-18-10-4-3-9(14)13(15)12(10)8-6-11(17)16-7-8/h2-4,8H,1,5-7H2,(H,16,17)/t8-/m0/s1. The van der Waals surface area contributed by atoms with Crippen molar-refractivity contribution in [3.8, 4) is 5.75 Å². The van der Waals surface area contributed by atoms with Crippen LogP contribution in [0.5, 0.6) is 5.75 Å². The Morgan fingerprint density at radius 2 is 2.28 bits per heavy atom. The Balaban J connectivity index is 2.37. The first kappa shape index (κ1) is 13.2. The number of amides is 1. The number of halogens is 2. The predicted octanol–water partition coefficient (Wildman–Crippen LogP) is 3.16. The van der Waals surface area contributed by atoms with Gasteiger partial charge in [-0.2, -0.15) is 0 Å². The molecule has 1 atom stereocenters. The normalized spacial score (nSPS) is 18.6. The molecular formula is C13H13Cl2NO2. The lowest BCUT2D eigenvalue weighted by molar-refractivity contribution is -0.119. The number of hydrogen-bond donors (Lipinski definition) is 1. The fraction of sp³-hybridized carbons (Fsp3) is 0.308. The molecule has 0 aromatic heterocycles. The molecule has 1 N–H and O–H groups in total. The smallest absolute Gasteiger partial charge is 0.220 e. The van der Waals surface area contributed by atoms with E-state index in [2.05, 4.69) is 11.9 Å². The summed E-state index contributed by atoms with van der Waals surface area (Å²) in [6.07, 6.45) is 2.06. The average Bonchev–Trinajstić information content (AvgIpc) is 2.77. The molecule has 18 heavy (non-hydrogen) atoms. The molecule has 1 aliphatic rings. The van der Waals surface area contributed by atoms with Gasteiger partial charge < -0.3 is 10.1 Å². The molecule has 1 fully saturated rings. The monoisotopic (exact) mass is 285 g/mol. The summed E-state index contributed by atoms with van der Waals surface area (Å²) in [7, 11) is 0. The summed E-state index contributed by atoms with van der Waals surface area (Å²) in [6.45, 7) is 4.55. The number of carbonyl (C=O) groups is 1. The van der Waals surface area contributed by atoms with Crippen molar-refractivity contribution in [3.63, 3.8) is 0 Å². The molecule has 1 aromatic rings. The molecule has 0 bridgehead atoms. The Bertz CT molecular complexity index is 488. The molecule has 1 aliphatic heterocycles. The maximum atomic E-state index is 11.3. The van der Waals surface area contributed by atoms with Crippen molar-refractivity contribution < 1.29 is 9.53 Å². The zero-order valence-electron chi connectivity index (χ0n) is 9.71. The van der Waals surface area contributed by atoms with Crippen LogP contribution in [0.25, 0.3) is 0 Å². The summed E-state index contributed by atoms with van der Waals surface area (Å²) in [5.41, 5.74) is 0.796. The molecule has 1 heterocycles. The maximum absolute atomic E-state index is 11.3. The van der Waals surface area contributed by atoms with E-state index in [-0.39, 0.29) is 11.8 Å². The van der Waals surface area contributed by atoms with E-state index in [0.29, 0.717) is 35.4 Å². The van der Waals surface area contributed by atoms with Gasteiger partial charge in [-0.1, -0.05) is 35.9 Å². The quantitative estimate of drug-likeness (QED) is 0.863. The lowest BCUT2D eigenvalue weighted by Crippen LogP contribution is -2.14. The van der Waals surface area contributed by atoms with Gasteiger partial charge >= 0.3 is 0 Å². The highest BCUT2D eigenvalue weighted by Crippen LogP contribution is 2.40. The van der Waals surface area contributed by atoms with E-state index < -0.39 is 0 Å². The second kappa shape index (κ2) is 5.63. The highest BCUT2D eigenvalue weighted by Gasteiger charge is 2.28. The van der Waals surface area contributed by atoms with Gasteiger partial charge in [-0.15, -0.1) is 0 Å². The van der Waals surface area contributed by atoms with Gasteiger partial charge in [-0.25, -0.2) is 0 Å². The Hall–Kier alpha value is -1.19. The van der Waals surface area contributed by atoms with Crippen molar-refractivity contribution in [1.29, 1.82) is 0 Å². The molecule has 0 unspecified atom stereocenters. The summed E-state index contributed by atoms with van der Waals surface area (Å²) in [4.78, 5) is 11.3. The molecule has 1 aromatic carbocycles. The molecule has 1 amide bonds. The minimum absolute atomic E-state index is 0.00325. The first-order chi connectivity index (χ1) is 8.63. The number of carbonyl (C=O) groups excluding carboxylic acids is 1. The number of ether oxygens (including phenoxy) is 1. The topological polar surface area (TPSA) is 38.3 Å². The highest BCUT2D eigenvalue weighted by atomic mass is 35.5. The minimum atomic E-state index is 0.00325. The maximum Gasteiger partial charge on any atom is 0.220 e. The van der Waals surface area contributed by atoms with Crippen LogP contribution in [0.15, 0.2) is 24.8 Å². The summed E-state index contributed by atoms with van der Waals surface area (Å²) in [5.74, 6) is 0.681. The first-order valence-electron chi connectivity index (χ1n) is 5.61. The number of hydrogen-bond acceptors (Lipinski definition) is 2. The molecule has 0 saturated carbocycles. The molecule has 1 saturated heterocycles. The molecule has 96 valence electrons. The van der Waals surface area contributed by atoms with Gasteiger partial charge in [0.2, 0.25) is 5.91 Å². The highest BCUT2D eigenvalue weighted by molar-refractivity contribution is 6.42. The van der Waals surface area contributed by atoms with E-state index >= 15 is 0 Å². The molecular weight excluding hydrogens is 273 g/mol. The van der Waals surface area contributed by atoms with Gasteiger partial charge in [-0.3, -0.25) is 4.79 Å². The first-order valence-corrected chi connectivity index (χ1v) is 6.37. The zero-order chi connectivity index (χ0) is 13.1. The van der Waals surface area contributed by atoms with E-state index in [1.807, 2.05) is 0 Å². The van der Waals surface area contributed by atoms with Crippen LogP contribution in [0.1, 0.15) is 17.9 Å². The van der Waals surface area contributed by atoms with Crippen molar-refractivity contribution >= 4 is 29.1 Å². The van der Waals surface area contributed by atoms with Gasteiger partial charge in [-0.05, 0) is 12.1 Å².